The van der Waals surface area contributed by atoms with Crippen molar-refractivity contribution in [2.45, 2.75) is 148 Å². The van der Waals surface area contributed by atoms with Crippen LogP contribution in [0.3, 0.4) is 0 Å². The van der Waals surface area contributed by atoms with Gasteiger partial charge < -0.3 is 24.4 Å². The molecule has 0 aromatic rings. The van der Waals surface area contributed by atoms with E-state index in [0.717, 1.165) is 81.8 Å². The minimum atomic E-state index is -0.736. The molecular formula is C34H65N2O6+. The quantitative estimate of drug-likeness (QED) is 0.0454. The molecule has 0 radical (unpaired) electrons. The summed E-state index contributed by atoms with van der Waals surface area (Å²) >= 11 is 0. The van der Waals surface area contributed by atoms with Crippen LogP contribution in [0.2, 0.25) is 0 Å². The summed E-state index contributed by atoms with van der Waals surface area (Å²) in [6, 6.07) is 0. The van der Waals surface area contributed by atoms with E-state index < -0.39 is 12.2 Å². The summed E-state index contributed by atoms with van der Waals surface area (Å²) in [5, 5.41) is 13.8. The first-order chi connectivity index (χ1) is 20.1. The van der Waals surface area contributed by atoms with Gasteiger partial charge in [0.2, 0.25) is 5.91 Å². The number of allylic oxidation sites excluding steroid dienone is 1. The third kappa shape index (κ3) is 26.9. The van der Waals surface area contributed by atoms with Crippen molar-refractivity contribution in [2.75, 3.05) is 40.8 Å². The molecule has 0 saturated heterocycles. The van der Waals surface area contributed by atoms with Crippen molar-refractivity contribution < 1.29 is 33.4 Å². The molecule has 0 fully saturated rings. The lowest BCUT2D eigenvalue weighted by Gasteiger charge is -2.23. The van der Waals surface area contributed by atoms with Gasteiger partial charge in [-0.3, -0.25) is 14.4 Å². The average molecular weight is 598 g/mol. The van der Waals surface area contributed by atoms with E-state index in [1.54, 1.807) is 0 Å². The molecule has 0 bridgehead atoms. The topological polar surface area (TPSA) is 102 Å². The van der Waals surface area contributed by atoms with Gasteiger partial charge in [0.05, 0.1) is 27.2 Å². The van der Waals surface area contributed by atoms with Gasteiger partial charge >= 0.3 is 11.9 Å². The highest BCUT2D eigenvalue weighted by molar-refractivity contribution is 5.75. The van der Waals surface area contributed by atoms with E-state index in [4.69, 9.17) is 9.47 Å². The minimum Gasteiger partial charge on any atom is -0.460 e. The Morgan fingerprint density at radius 3 is 2.12 bits per heavy atom. The Kier molecular flexibility index (Phi) is 25.5. The number of carbonyl (C=O) groups is 3. The molecule has 246 valence electrons. The van der Waals surface area contributed by atoms with Gasteiger partial charge in [-0.25, -0.2) is 0 Å². The second-order valence-electron chi connectivity index (χ2n) is 12.6. The van der Waals surface area contributed by atoms with E-state index in [2.05, 4.69) is 25.2 Å². The van der Waals surface area contributed by atoms with E-state index in [1.165, 1.54) is 19.3 Å². The lowest BCUT2D eigenvalue weighted by Crippen LogP contribution is -2.38. The molecule has 2 unspecified atom stereocenters. The Balaban J connectivity index is 4.13. The van der Waals surface area contributed by atoms with Crippen molar-refractivity contribution >= 4 is 17.8 Å². The van der Waals surface area contributed by atoms with Gasteiger partial charge in [0, 0.05) is 25.8 Å². The molecule has 0 aliphatic rings. The number of hydrogen-bond acceptors (Lipinski definition) is 6. The number of aliphatic hydroxyl groups excluding tert-OH is 1. The Morgan fingerprint density at radius 2 is 1.40 bits per heavy atom. The summed E-state index contributed by atoms with van der Waals surface area (Å²) in [7, 11) is 6.11. The van der Waals surface area contributed by atoms with Crippen LogP contribution < -0.4 is 5.32 Å². The number of quaternary nitrogens is 1. The van der Waals surface area contributed by atoms with Gasteiger partial charge in [0.15, 0.2) is 0 Å². The SMILES string of the molecule is CCCCCCNC(=O)CCCCCCC/C=C\CC(O)C(CCCCC)OC(=O)CCCC(=O)OCC[N+](C)(C)C. The molecule has 0 aliphatic heterocycles. The highest BCUT2D eigenvalue weighted by atomic mass is 16.6. The predicted octanol–water partition coefficient (Wildman–Crippen LogP) is 6.63. The maximum Gasteiger partial charge on any atom is 0.306 e. The molecule has 0 heterocycles. The third-order valence-corrected chi connectivity index (χ3v) is 7.26. The summed E-state index contributed by atoms with van der Waals surface area (Å²) in [5.41, 5.74) is 0. The van der Waals surface area contributed by atoms with E-state index >= 15 is 0 Å². The Bertz CT molecular complexity index is 719. The van der Waals surface area contributed by atoms with Gasteiger partial charge in [-0.05, 0) is 51.4 Å². The molecule has 2 atom stereocenters. The van der Waals surface area contributed by atoms with Crippen molar-refractivity contribution in [3.63, 3.8) is 0 Å². The van der Waals surface area contributed by atoms with Crippen LogP contribution in [0.4, 0.5) is 0 Å². The molecule has 0 spiro atoms. The van der Waals surface area contributed by atoms with Gasteiger partial charge in [-0.1, -0.05) is 77.4 Å². The number of ether oxygens (including phenoxy) is 2. The Hall–Kier alpha value is -1.93. The van der Waals surface area contributed by atoms with Crippen LogP contribution >= 0.6 is 0 Å². The molecule has 0 rings (SSSR count). The van der Waals surface area contributed by atoms with Crippen molar-refractivity contribution in [2.24, 2.45) is 0 Å². The Labute approximate surface area is 257 Å². The van der Waals surface area contributed by atoms with Gasteiger partial charge in [-0.2, -0.15) is 0 Å². The summed E-state index contributed by atoms with van der Waals surface area (Å²) < 4.78 is 11.6. The number of nitrogens with zero attached hydrogens (tertiary/aromatic N) is 1. The number of likely N-dealkylation sites (N-methyl/N-ethyl adjacent to an activating group) is 1. The Morgan fingerprint density at radius 1 is 0.762 bits per heavy atom. The first kappa shape index (κ1) is 40.1. The summed E-state index contributed by atoms with van der Waals surface area (Å²) in [4.78, 5) is 36.2. The zero-order chi connectivity index (χ0) is 31.5. The van der Waals surface area contributed by atoms with Crippen molar-refractivity contribution in [1.29, 1.82) is 0 Å². The molecular weight excluding hydrogens is 532 g/mol. The first-order valence-electron chi connectivity index (χ1n) is 16.8. The fourth-order valence-corrected chi connectivity index (χ4v) is 4.49. The van der Waals surface area contributed by atoms with Crippen molar-refractivity contribution in [3.05, 3.63) is 12.2 Å². The van der Waals surface area contributed by atoms with Gasteiger partial charge in [-0.15, -0.1) is 0 Å². The van der Waals surface area contributed by atoms with Crippen LogP contribution in [0, 0.1) is 0 Å². The van der Waals surface area contributed by atoms with Crippen molar-refractivity contribution in [3.8, 4) is 0 Å². The number of aliphatic hydroxyl groups is 1. The van der Waals surface area contributed by atoms with Crippen molar-refractivity contribution in [1.82, 2.24) is 5.32 Å². The monoisotopic (exact) mass is 597 g/mol. The molecule has 1 amide bonds. The van der Waals surface area contributed by atoms with Crippen LogP contribution in [0.15, 0.2) is 12.2 Å². The van der Waals surface area contributed by atoms with Crippen LogP contribution in [0.25, 0.3) is 0 Å². The third-order valence-electron chi connectivity index (χ3n) is 7.26. The number of rotatable bonds is 28. The average Bonchev–Trinajstić information content (AvgIpc) is 2.92. The van der Waals surface area contributed by atoms with Crippen LogP contribution in [-0.2, 0) is 23.9 Å². The molecule has 0 saturated carbocycles. The fourth-order valence-electron chi connectivity index (χ4n) is 4.49. The summed E-state index contributed by atoms with van der Waals surface area (Å²) in [6.45, 7) is 6.21. The molecule has 0 aliphatic carbocycles. The zero-order valence-electron chi connectivity index (χ0n) is 27.8. The number of nitrogens with one attached hydrogen (secondary N) is 1. The van der Waals surface area contributed by atoms with E-state index in [-0.39, 0.29) is 30.7 Å². The number of unbranched alkanes of at least 4 members (excludes halogenated alkanes) is 10. The smallest absolute Gasteiger partial charge is 0.306 e. The second-order valence-corrected chi connectivity index (χ2v) is 12.6. The molecule has 0 aromatic heterocycles. The molecule has 8 nitrogen and oxygen atoms in total. The van der Waals surface area contributed by atoms with Crippen LogP contribution in [-0.4, -0.2) is 80.5 Å². The predicted molar refractivity (Wildman–Crippen MR) is 171 cm³/mol. The molecule has 0 aromatic carbocycles. The number of hydrogen-bond donors (Lipinski definition) is 2. The van der Waals surface area contributed by atoms with Gasteiger partial charge in [0.1, 0.15) is 19.3 Å². The maximum absolute atomic E-state index is 12.4. The largest absolute Gasteiger partial charge is 0.460 e. The van der Waals surface area contributed by atoms with E-state index in [0.29, 0.717) is 32.3 Å². The van der Waals surface area contributed by atoms with E-state index in [9.17, 15) is 19.5 Å². The van der Waals surface area contributed by atoms with Gasteiger partial charge in [0.25, 0.3) is 0 Å². The zero-order valence-corrected chi connectivity index (χ0v) is 27.8. The molecule has 2 N–H and O–H groups in total. The van der Waals surface area contributed by atoms with Crippen LogP contribution in [0.5, 0.6) is 0 Å². The lowest BCUT2D eigenvalue weighted by molar-refractivity contribution is -0.870. The lowest BCUT2D eigenvalue weighted by atomic mass is 10.0. The minimum absolute atomic E-state index is 0.140. The highest BCUT2D eigenvalue weighted by Gasteiger charge is 2.22. The summed E-state index contributed by atoms with van der Waals surface area (Å²) in [6.07, 6.45) is 19.3. The number of amides is 1. The second kappa shape index (κ2) is 26.7. The van der Waals surface area contributed by atoms with Crippen LogP contribution in [0.1, 0.15) is 136 Å². The highest BCUT2D eigenvalue weighted by Crippen LogP contribution is 2.16. The normalized spacial score (nSPS) is 13.2. The summed E-state index contributed by atoms with van der Waals surface area (Å²) in [5.74, 6) is -0.488. The standard InChI is InChI=1S/C34H64N2O6/c1-6-8-10-20-27-35-32(38)24-19-16-14-12-11-13-15-18-22-30(37)31(23-17-9-7-2)42-34(40)26-21-25-33(39)41-29-28-36(3,4)5/h15,18,30-31,37H,6-14,16-17,19-29H2,1-5H3/p+1/b18-15-. The fraction of sp³-hybridized carbons (Fsp3) is 0.853. The molecule has 8 heteroatoms. The first-order valence-corrected chi connectivity index (χ1v) is 16.8. The number of esters is 2. The van der Waals surface area contributed by atoms with E-state index in [1.807, 2.05) is 27.2 Å². The molecule has 42 heavy (non-hydrogen) atoms. The maximum atomic E-state index is 12.4. The number of carbonyl (C=O) groups excluding carboxylic acids is 3.